The van der Waals surface area contributed by atoms with Gasteiger partial charge in [0.2, 0.25) is 5.91 Å². The van der Waals surface area contributed by atoms with Gasteiger partial charge in [0.1, 0.15) is 0 Å². The second-order valence-electron chi connectivity index (χ2n) is 3.90. The average molecular weight is 189 g/mol. The molecule has 2 rings (SSSR count). The molecule has 0 aromatic heterocycles. The number of hydrogen-bond donors (Lipinski definition) is 1. The van der Waals surface area contributed by atoms with Crippen LogP contribution in [0.3, 0.4) is 0 Å². The molecule has 1 heterocycles. The van der Waals surface area contributed by atoms with Gasteiger partial charge >= 0.3 is 0 Å². The van der Waals surface area contributed by atoms with Gasteiger partial charge in [0.25, 0.3) is 0 Å². The Morgan fingerprint density at radius 1 is 1.43 bits per heavy atom. The topological polar surface area (TPSA) is 29.1 Å². The van der Waals surface area contributed by atoms with E-state index in [1.807, 2.05) is 12.1 Å². The van der Waals surface area contributed by atoms with Crippen LogP contribution < -0.4 is 5.32 Å². The van der Waals surface area contributed by atoms with E-state index in [9.17, 15) is 4.79 Å². The second kappa shape index (κ2) is 3.82. The lowest BCUT2D eigenvalue weighted by molar-refractivity contribution is -0.123. The van der Waals surface area contributed by atoms with Gasteiger partial charge in [-0.25, -0.2) is 0 Å². The van der Waals surface area contributed by atoms with Crippen molar-refractivity contribution in [2.45, 2.75) is 25.7 Å². The van der Waals surface area contributed by atoms with Gasteiger partial charge in [-0.1, -0.05) is 29.8 Å². The summed E-state index contributed by atoms with van der Waals surface area (Å²) in [5.74, 6) is 0.255. The van der Waals surface area contributed by atoms with Crippen molar-refractivity contribution in [3.05, 3.63) is 35.4 Å². The molecular formula is C12H15NO. The molecule has 1 aliphatic heterocycles. The Morgan fingerprint density at radius 3 is 3.00 bits per heavy atom. The number of benzene rings is 1. The molecule has 2 heteroatoms. The van der Waals surface area contributed by atoms with Gasteiger partial charge in [-0.3, -0.25) is 4.79 Å². The zero-order valence-corrected chi connectivity index (χ0v) is 8.42. The molecule has 0 saturated carbocycles. The monoisotopic (exact) mass is 189 g/mol. The maximum atomic E-state index is 11.6. The van der Waals surface area contributed by atoms with Crippen molar-refractivity contribution in [3.8, 4) is 0 Å². The van der Waals surface area contributed by atoms with E-state index >= 15 is 0 Å². The van der Waals surface area contributed by atoms with E-state index in [4.69, 9.17) is 0 Å². The van der Waals surface area contributed by atoms with E-state index in [-0.39, 0.29) is 11.8 Å². The largest absolute Gasteiger partial charge is 0.356 e. The summed E-state index contributed by atoms with van der Waals surface area (Å²) in [5, 5.41) is 2.91. The number of nitrogens with one attached hydrogen (secondary N) is 1. The summed E-state index contributed by atoms with van der Waals surface area (Å²) in [6.07, 6.45) is 2.07. The molecule has 1 saturated heterocycles. The van der Waals surface area contributed by atoms with Crippen molar-refractivity contribution in [2.24, 2.45) is 0 Å². The van der Waals surface area contributed by atoms with E-state index in [1.165, 1.54) is 5.56 Å². The number of aryl methyl sites for hydroxylation is 1. The van der Waals surface area contributed by atoms with Gasteiger partial charge in [-0.15, -0.1) is 0 Å². The molecule has 0 aliphatic carbocycles. The van der Waals surface area contributed by atoms with Crippen LogP contribution in [0, 0.1) is 6.92 Å². The van der Waals surface area contributed by atoms with E-state index in [0.29, 0.717) is 0 Å². The minimum atomic E-state index is 0.0728. The van der Waals surface area contributed by atoms with Crippen LogP contribution in [-0.2, 0) is 4.79 Å². The lowest BCUT2D eigenvalue weighted by Crippen LogP contribution is -2.35. The first-order valence-electron chi connectivity index (χ1n) is 5.11. The van der Waals surface area contributed by atoms with Crippen LogP contribution in [0.25, 0.3) is 0 Å². The summed E-state index contributed by atoms with van der Waals surface area (Å²) in [4.78, 5) is 11.6. The fourth-order valence-corrected chi connectivity index (χ4v) is 1.98. The Labute approximate surface area is 84.3 Å². The number of amides is 1. The van der Waals surface area contributed by atoms with Gasteiger partial charge in [-0.05, 0) is 25.3 Å². The van der Waals surface area contributed by atoms with Gasteiger partial charge in [0.15, 0.2) is 0 Å². The number of piperidine rings is 1. The highest BCUT2D eigenvalue weighted by Gasteiger charge is 2.23. The van der Waals surface area contributed by atoms with E-state index in [1.54, 1.807) is 0 Å². The molecule has 14 heavy (non-hydrogen) atoms. The molecule has 1 atom stereocenters. The molecule has 1 aromatic rings. The van der Waals surface area contributed by atoms with Crippen LogP contribution in [0.2, 0.25) is 0 Å². The van der Waals surface area contributed by atoms with E-state index in [0.717, 1.165) is 24.9 Å². The van der Waals surface area contributed by atoms with Crippen LogP contribution in [-0.4, -0.2) is 12.5 Å². The summed E-state index contributed by atoms with van der Waals surface area (Å²) in [6.45, 7) is 2.89. The molecule has 1 aliphatic rings. The molecule has 1 aromatic carbocycles. The first-order chi connectivity index (χ1) is 6.77. The summed E-state index contributed by atoms with van der Waals surface area (Å²) in [6, 6.07) is 8.23. The van der Waals surface area contributed by atoms with Crippen molar-refractivity contribution < 1.29 is 4.79 Å². The van der Waals surface area contributed by atoms with Crippen LogP contribution in [0.4, 0.5) is 0 Å². The van der Waals surface area contributed by atoms with Crippen LogP contribution in [0.1, 0.15) is 29.9 Å². The highest BCUT2D eigenvalue weighted by atomic mass is 16.1. The molecule has 1 fully saturated rings. The number of hydrogen-bond acceptors (Lipinski definition) is 1. The maximum Gasteiger partial charge on any atom is 0.227 e. The highest BCUT2D eigenvalue weighted by Crippen LogP contribution is 2.24. The van der Waals surface area contributed by atoms with Gasteiger partial charge < -0.3 is 5.32 Å². The lowest BCUT2D eigenvalue weighted by atomic mass is 9.90. The quantitative estimate of drug-likeness (QED) is 0.719. The van der Waals surface area contributed by atoms with Crippen molar-refractivity contribution >= 4 is 5.91 Å². The second-order valence-corrected chi connectivity index (χ2v) is 3.90. The summed E-state index contributed by atoms with van der Waals surface area (Å²) >= 11 is 0. The first-order valence-corrected chi connectivity index (χ1v) is 5.11. The Morgan fingerprint density at radius 2 is 2.29 bits per heavy atom. The number of carbonyl (C=O) groups excluding carboxylic acids is 1. The van der Waals surface area contributed by atoms with Crippen LogP contribution in [0.15, 0.2) is 24.3 Å². The fourth-order valence-electron chi connectivity index (χ4n) is 1.98. The lowest BCUT2D eigenvalue weighted by Gasteiger charge is -2.22. The third kappa shape index (κ3) is 1.79. The SMILES string of the molecule is Cc1cccc(C2CCCNC2=O)c1. The molecule has 0 spiro atoms. The van der Waals surface area contributed by atoms with E-state index in [2.05, 4.69) is 24.4 Å². The summed E-state index contributed by atoms with van der Waals surface area (Å²) in [5.41, 5.74) is 2.38. The molecule has 74 valence electrons. The Balaban J connectivity index is 2.24. The van der Waals surface area contributed by atoms with Crippen molar-refractivity contribution in [3.63, 3.8) is 0 Å². The normalized spacial score (nSPS) is 21.8. The Bertz CT molecular complexity index is 346. The molecule has 1 unspecified atom stereocenters. The number of carbonyl (C=O) groups is 1. The summed E-state index contributed by atoms with van der Waals surface area (Å²) in [7, 11) is 0. The molecule has 2 nitrogen and oxygen atoms in total. The smallest absolute Gasteiger partial charge is 0.227 e. The first kappa shape index (κ1) is 9.25. The predicted molar refractivity (Wildman–Crippen MR) is 56.2 cm³/mol. The third-order valence-corrected chi connectivity index (χ3v) is 2.73. The minimum absolute atomic E-state index is 0.0728. The predicted octanol–water partition coefficient (Wildman–Crippen LogP) is 1.99. The van der Waals surface area contributed by atoms with Crippen LogP contribution in [0.5, 0.6) is 0 Å². The van der Waals surface area contributed by atoms with Gasteiger partial charge in [-0.2, -0.15) is 0 Å². The zero-order chi connectivity index (χ0) is 9.97. The Hall–Kier alpha value is -1.31. The van der Waals surface area contributed by atoms with Crippen molar-refractivity contribution in [2.75, 3.05) is 6.54 Å². The molecule has 0 bridgehead atoms. The summed E-state index contributed by atoms with van der Waals surface area (Å²) < 4.78 is 0. The molecule has 0 radical (unpaired) electrons. The van der Waals surface area contributed by atoms with Crippen molar-refractivity contribution in [1.29, 1.82) is 0 Å². The fraction of sp³-hybridized carbons (Fsp3) is 0.417. The maximum absolute atomic E-state index is 11.6. The minimum Gasteiger partial charge on any atom is -0.356 e. The Kier molecular flexibility index (Phi) is 2.53. The number of rotatable bonds is 1. The molecule has 1 N–H and O–H groups in total. The molecule has 1 amide bonds. The molecular weight excluding hydrogens is 174 g/mol. The van der Waals surface area contributed by atoms with Gasteiger partial charge in [0, 0.05) is 6.54 Å². The van der Waals surface area contributed by atoms with Crippen molar-refractivity contribution in [1.82, 2.24) is 5.32 Å². The highest BCUT2D eigenvalue weighted by molar-refractivity contribution is 5.84. The third-order valence-electron chi connectivity index (χ3n) is 2.73. The van der Waals surface area contributed by atoms with Crippen LogP contribution >= 0.6 is 0 Å². The average Bonchev–Trinajstić information content (AvgIpc) is 2.18. The van der Waals surface area contributed by atoms with E-state index < -0.39 is 0 Å². The standard InChI is InChI=1S/C12H15NO/c1-9-4-2-5-10(8-9)11-6-3-7-13-12(11)14/h2,4-5,8,11H,3,6-7H2,1H3,(H,13,14). The van der Waals surface area contributed by atoms with Gasteiger partial charge in [0.05, 0.1) is 5.92 Å². The zero-order valence-electron chi connectivity index (χ0n) is 8.42.